The highest BCUT2D eigenvalue weighted by Gasteiger charge is 2.45. The number of nitrogens with zero attached hydrogens (tertiary/aromatic N) is 4. The fourth-order valence-electron chi connectivity index (χ4n) is 5.92. The van der Waals surface area contributed by atoms with Crippen LogP contribution in [0.5, 0.6) is 0 Å². The van der Waals surface area contributed by atoms with Crippen LogP contribution in [0.25, 0.3) is 0 Å². The first-order valence-electron chi connectivity index (χ1n) is 12.4. The Morgan fingerprint density at radius 2 is 1.94 bits per heavy atom. The largest absolute Gasteiger partial charge is 0.372 e. The molecule has 0 spiro atoms. The van der Waals surface area contributed by atoms with Crippen LogP contribution in [0.15, 0.2) is 6.07 Å². The van der Waals surface area contributed by atoms with Crippen molar-refractivity contribution in [3.05, 3.63) is 23.0 Å². The van der Waals surface area contributed by atoms with Crippen LogP contribution in [-0.4, -0.2) is 64.4 Å². The fourth-order valence-corrected chi connectivity index (χ4v) is 7.51. The van der Waals surface area contributed by atoms with E-state index in [9.17, 15) is 8.42 Å². The fraction of sp³-hybridized carbons (Fsp3) is 0.696. The van der Waals surface area contributed by atoms with Crippen molar-refractivity contribution >= 4 is 27.6 Å². The predicted octanol–water partition coefficient (Wildman–Crippen LogP) is 3.60. The zero-order valence-electron chi connectivity index (χ0n) is 20.2. The molecule has 0 saturated carbocycles. The first kappa shape index (κ1) is 23.5. The van der Waals surface area contributed by atoms with Gasteiger partial charge in [-0.25, -0.2) is 13.4 Å². The van der Waals surface area contributed by atoms with Gasteiger partial charge >= 0.3 is 0 Å². The van der Waals surface area contributed by atoms with E-state index < -0.39 is 10.0 Å². The predicted molar refractivity (Wildman–Crippen MR) is 131 cm³/mol. The number of ether oxygens (including phenoxy) is 1. The average Bonchev–Trinajstić information content (AvgIpc) is 3.49. The lowest BCUT2D eigenvalue weighted by Crippen LogP contribution is -2.54. The maximum Gasteiger partial charge on any atom is 0.224 e. The van der Waals surface area contributed by atoms with Gasteiger partial charge in [-0.15, -0.1) is 0 Å². The molecule has 2 aromatic heterocycles. The minimum Gasteiger partial charge on any atom is -0.372 e. The lowest BCUT2D eigenvalue weighted by atomic mass is 9.76. The average molecular weight is 490 g/mol. The molecule has 10 nitrogen and oxygen atoms in total. The number of rotatable bonds is 7. The molecule has 3 aliphatic heterocycles. The highest BCUT2D eigenvalue weighted by Crippen LogP contribution is 2.47. The molecule has 2 bridgehead atoms. The standard InChI is InChI=1S/C23H35N7O3S/c1-4-34(31,32)30-16-7-5-8-17(30)13-15(12-16)20-21(18-9-6-10-33-18)26-23(24-3)27-22(20)25-19-11-14(2)28-29-19/h11,15-18H,4-10,12-13H2,1-3H3,(H3,24,25,26,27,28,29)/t15-,16-,17+,18-/m0/s1. The van der Waals surface area contributed by atoms with Crippen LogP contribution < -0.4 is 10.6 Å². The van der Waals surface area contributed by atoms with E-state index in [1.165, 1.54) is 0 Å². The topological polar surface area (TPSA) is 125 Å². The van der Waals surface area contributed by atoms with Crippen molar-refractivity contribution in [1.82, 2.24) is 24.5 Å². The normalized spacial score (nSPS) is 27.6. The van der Waals surface area contributed by atoms with E-state index in [4.69, 9.17) is 14.7 Å². The van der Waals surface area contributed by atoms with Crippen molar-refractivity contribution < 1.29 is 13.2 Å². The minimum absolute atomic E-state index is 0.0178. The van der Waals surface area contributed by atoms with Gasteiger partial charge < -0.3 is 15.4 Å². The number of aryl methyl sites for hydroxylation is 1. The Morgan fingerprint density at radius 1 is 1.18 bits per heavy atom. The number of fused-ring (bicyclic) bond motifs is 2. The Hall–Kier alpha value is -2.24. The number of piperidine rings is 2. The second kappa shape index (κ2) is 9.43. The maximum absolute atomic E-state index is 12.9. The number of anilines is 3. The van der Waals surface area contributed by atoms with Crippen LogP contribution >= 0.6 is 0 Å². The molecule has 0 aromatic carbocycles. The second-order valence-corrected chi connectivity index (χ2v) is 11.8. The van der Waals surface area contributed by atoms with Gasteiger partial charge in [0.05, 0.1) is 11.4 Å². The minimum atomic E-state index is -3.24. The zero-order valence-corrected chi connectivity index (χ0v) is 21.0. The third kappa shape index (κ3) is 4.40. The molecular weight excluding hydrogens is 454 g/mol. The van der Waals surface area contributed by atoms with E-state index in [0.717, 1.165) is 74.3 Å². The second-order valence-electron chi connectivity index (χ2n) is 9.64. The van der Waals surface area contributed by atoms with Gasteiger partial charge in [0.2, 0.25) is 16.0 Å². The van der Waals surface area contributed by atoms with Gasteiger partial charge in [0.1, 0.15) is 11.9 Å². The summed E-state index contributed by atoms with van der Waals surface area (Å²) >= 11 is 0. The molecule has 0 aliphatic carbocycles. The van der Waals surface area contributed by atoms with Crippen molar-refractivity contribution in [3.8, 4) is 0 Å². The van der Waals surface area contributed by atoms with Crippen molar-refractivity contribution in [1.29, 1.82) is 0 Å². The molecule has 0 unspecified atom stereocenters. The van der Waals surface area contributed by atoms with Crippen LogP contribution in [0.2, 0.25) is 0 Å². The van der Waals surface area contributed by atoms with Crippen molar-refractivity contribution in [3.63, 3.8) is 0 Å². The summed E-state index contributed by atoms with van der Waals surface area (Å²) in [5, 5.41) is 13.9. The third-order valence-electron chi connectivity index (χ3n) is 7.39. The van der Waals surface area contributed by atoms with Gasteiger partial charge in [0, 0.05) is 43.1 Å². The number of hydrogen-bond donors (Lipinski definition) is 3. The number of aromatic amines is 1. The quantitative estimate of drug-likeness (QED) is 0.539. The Bertz CT molecular complexity index is 1120. The Labute approximate surface area is 201 Å². The molecule has 34 heavy (non-hydrogen) atoms. The number of sulfonamides is 1. The lowest BCUT2D eigenvalue weighted by Gasteiger charge is -2.48. The van der Waals surface area contributed by atoms with Crippen LogP contribution in [0.1, 0.15) is 80.8 Å². The number of nitrogens with one attached hydrogen (secondary N) is 3. The molecule has 2 aromatic rings. The van der Waals surface area contributed by atoms with E-state index in [2.05, 4.69) is 20.8 Å². The van der Waals surface area contributed by atoms with E-state index in [-0.39, 0.29) is 29.9 Å². The maximum atomic E-state index is 12.9. The highest BCUT2D eigenvalue weighted by molar-refractivity contribution is 7.89. The molecular formula is C23H35N7O3S. The van der Waals surface area contributed by atoms with Gasteiger partial charge in [-0.1, -0.05) is 6.42 Å². The summed E-state index contributed by atoms with van der Waals surface area (Å²) in [4.78, 5) is 9.69. The summed E-state index contributed by atoms with van der Waals surface area (Å²) in [6.07, 6.45) is 6.26. The molecule has 5 heterocycles. The van der Waals surface area contributed by atoms with Crippen LogP contribution in [-0.2, 0) is 14.8 Å². The first-order chi connectivity index (χ1) is 16.4. The number of aromatic nitrogens is 4. The van der Waals surface area contributed by atoms with Gasteiger partial charge in [0.15, 0.2) is 5.82 Å². The van der Waals surface area contributed by atoms with Gasteiger partial charge in [-0.3, -0.25) is 5.10 Å². The first-order valence-corrected chi connectivity index (χ1v) is 14.0. The molecule has 4 atom stereocenters. The summed E-state index contributed by atoms with van der Waals surface area (Å²) in [5.74, 6) is 2.26. The van der Waals surface area contributed by atoms with Gasteiger partial charge in [0.25, 0.3) is 0 Å². The van der Waals surface area contributed by atoms with Crippen LogP contribution in [0.4, 0.5) is 17.6 Å². The smallest absolute Gasteiger partial charge is 0.224 e. The number of hydrogen-bond acceptors (Lipinski definition) is 8. The molecule has 3 N–H and O–H groups in total. The van der Waals surface area contributed by atoms with Crippen LogP contribution in [0.3, 0.4) is 0 Å². The summed E-state index contributed by atoms with van der Waals surface area (Å²) in [6.45, 7) is 4.43. The summed E-state index contributed by atoms with van der Waals surface area (Å²) in [6, 6.07) is 1.98. The van der Waals surface area contributed by atoms with Crippen molar-refractivity contribution in [2.45, 2.75) is 82.9 Å². The molecule has 3 fully saturated rings. The van der Waals surface area contributed by atoms with Gasteiger partial charge in [-0.2, -0.15) is 14.4 Å². The molecule has 11 heteroatoms. The van der Waals surface area contributed by atoms with Crippen molar-refractivity contribution in [2.75, 3.05) is 30.0 Å². The SMILES string of the molecule is CCS(=O)(=O)N1[C@@H]2CCC[C@H]1C[C@H](c1c(Nc3cc(C)[nH]n3)nc(NC)nc1[C@@H]1CCCO1)C2. The molecule has 0 amide bonds. The summed E-state index contributed by atoms with van der Waals surface area (Å²) in [7, 11) is -1.43. The van der Waals surface area contributed by atoms with E-state index in [1.54, 1.807) is 6.92 Å². The lowest BCUT2D eigenvalue weighted by molar-refractivity contribution is 0.0982. The molecule has 186 valence electrons. The highest BCUT2D eigenvalue weighted by atomic mass is 32.2. The summed E-state index contributed by atoms with van der Waals surface area (Å²) < 4.78 is 33.8. The molecule has 3 aliphatic rings. The van der Waals surface area contributed by atoms with Gasteiger partial charge in [-0.05, 0) is 58.3 Å². The summed E-state index contributed by atoms with van der Waals surface area (Å²) in [5.41, 5.74) is 2.93. The van der Waals surface area contributed by atoms with E-state index in [0.29, 0.717) is 11.8 Å². The number of H-pyrrole nitrogens is 1. The molecule has 3 saturated heterocycles. The monoisotopic (exact) mass is 489 g/mol. The Morgan fingerprint density at radius 3 is 2.53 bits per heavy atom. The van der Waals surface area contributed by atoms with Crippen molar-refractivity contribution in [2.24, 2.45) is 0 Å². The van der Waals surface area contributed by atoms with E-state index in [1.807, 2.05) is 24.3 Å². The zero-order chi connectivity index (χ0) is 23.9. The third-order valence-corrected chi connectivity index (χ3v) is 9.36. The molecule has 5 rings (SSSR count). The van der Waals surface area contributed by atoms with E-state index >= 15 is 0 Å². The molecule has 0 radical (unpaired) electrons. The Balaban J connectivity index is 1.58. The van der Waals surface area contributed by atoms with Crippen LogP contribution in [0, 0.1) is 6.92 Å². The Kier molecular flexibility index (Phi) is 6.51.